The minimum absolute atomic E-state index is 0.0337. The molecule has 0 N–H and O–H groups in total. The van der Waals surface area contributed by atoms with Gasteiger partial charge >= 0.3 is 6.18 Å². The number of carbonyl (C=O) groups is 1. The summed E-state index contributed by atoms with van der Waals surface area (Å²) in [6.07, 6.45) is -1.41. The molecule has 0 aliphatic carbocycles. The number of benzene rings is 2. The van der Waals surface area contributed by atoms with E-state index in [1.54, 1.807) is 0 Å². The Hall–Kier alpha value is -2.56. The first-order chi connectivity index (χ1) is 13.8. The minimum atomic E-state index is -4.33. The standard InChI is InChI=1S/C25H28F3NO/c1-16-12-23-21(17(2)22(16)13-20(30)14-24(3,4)5)10-11-29(23)15-18-6-8-19(9-7-18)25(26,27)28/h6-12H,13-15H2,1-5H3. The number of hydrogen-bond donors (Lipinski definition) is 0. The summed E-state index contributed by atoms with van der Waals surface area (Å²) in [4.78, 5) is 12.5. The number of nitrogens with zero attached hydrogens (tertiary/aromatic N) is 1. The average Bonchev–Trinajstić information content (AvgIpc) is 2.99. The van der Waals surface area contributed by atoms with Crippen molar-refractivity contribution >= 4 is 16.7 Å². The first-order valence-electron chi connectivity index (χ1n) is 10.1. The number of halogens is 3. The van der Waals surface area contributed by atoms with Gasteiger partial charge in [-0.3, -0.25) is 4.79 Å². The molecule has 160 valence electrons. The van der Waals surface area contributed by atoms with Gasteiger partial charge in [-0.15, -0.1) is 0 Å². The number of carbonyl (C=O) groups excluding carboxylic acids is 1. The van der Waals surface area contributed by atoms with Crippen molar-refractivity contribution in [3.63, 3.8) is 0 Å². The van der Waals surface area contributed by atoms with E-state index in [0.717, 1.165) is 45.3 Å². The van der Waals surface area contributed by atoms with E-state index in [2.05, 4.69) is 26.8 Å². The van der Waals surface area contributed by atoms with Gasteiger partial charge in [-0.2, -0.15) is 13.2 Å². The van der Waals surface area contributed by atoms with Crippen molar-refractivity contribution in [2.75, 3.05) is 0 Å². The van der Waals surface area contributed by atoms with Crippen molar-refractivity contribution in [3.05, 3.63) is 70.4 Å². The van der Waals surface area contributed by atoms with E-state index >= 15 is 0 Å². The number of alkyl halides is 3. The van der Waals surface area contributed by atoms with Crippen LogP contribution in [0.3, 0.4) is 0 Å². The molecule has 0 aliphatic heterocycles. The van der Waals surface area contributed by atoms with Gasteiger partial charge in [0.1, 0.15) is 5.78 Å². The number of aromatic nitrogens is 1. The van der Waals surface area contributed by atoms with Crippen LogP contribution in [0.1, 0.15) is 55.0 Å². The van der Waals surface area contributed by atoms with Crippen LogP contribution in [0, 0.1) is 19.3 Å². The fourth-order valence-electron chi connectivity index (χ4n) is 3.97. The molecule has 30 heavy (non-hydrogen) atoms. The van der Waals surface area contributed by atoms with Crippen molar-refractivity contribution in [2.45, 2.75) is 60.2 Å². The summed E-state index contributed by atoms with van der Waals surface area (Å²) in [5, 5.41) is 1.08. The summed E-state index contributed by atoms with van der Waals surface area (Å²) in [5.74, 6) is 0.234. The molecule has 3 rings (SSSR count). The lowest BCUT2D eigenvalue weighted by Crippen LogP contribution is -2.15. The zero-order valence-electron chi connectivity index (χ0n) is 18.2. The normalized spacial score (nSPS) is 12.5. The lowest BCUT2D eigenvalue weighted by atomic mass is 9.86. The Morgan fingerprint density at radius 2 is 1.63 bits per heavy atom. The van der Waals surface area contributed by atoms with Crippen LogP contribution in [-0.4, -0.2) is 10.4 Å². The van der Waals surface area contributed by atoms with E-state index < -0.39 is 11.7 Å². The molecule has 0 bridgehead atoms. The molecule has 0 saturated carbocycles. The van der Waals surface area contributed by atoms with E-state index in [-0.39, 0.29) is 11.2 Å². The Labute approximate surface area is 175 Å². The summed E-state index contributed by atoms with van der Waals surface area (Å²) < 4.78 is 40.4. The molecule has 0 atom stereocenters. The Bertz CT molecular complexity index is 1070. The van der Waals surface area contributed by atoms with Gasteiger partial charge in [-0.1, -0.05) is 32.9 Å². The Morgan fingerprint density at radius 1 is 1.00 bits per heavy atom. The first kappa shape index (κ1) is 22.1. The van der Waals surface area contributed by atoms with Crippen LogP contribution in [0.4, 0.5) is 13.2 Å². The van der Waals surface area contributed by atoms with Gasteiger partial charge in [0.05, 0.1) is 5.56 Å². The number of ketones is 1. The molecule has 0 spiro atoms. The molecule has 0 radical (unpaired) electrons. The fourth-order valence-corrected chi connectivity index (χ4v) is 3.97. The van der Waals surface area contributed by atoms with Crippen molar-refractivity contribution in [2.24, 2.45) is 5.41 Å². The van der Waals surface area contributed by atoms with E-state index in [1.807, 2.05) is 30.7 Å². The van der Waals surface area contributed by atoms with Crippen LogP contribution < -0.4 is 0 Å². The van der Waals surface area contributed by atoms with Crippen molar-refractivity contribution < 1.29 is 18.0 Å². The molecule has 0 saturated heterocycles. The topological polar surface area (TPSA) is 22.0 Å². The largest absolute Gasteiger partial charge is 0.416 e. The van der Waals surface area contributed by atoms with Gasteiger partial charge in [0.2, 0.25) is 0 Å². The third kappa shape index (κ3) is 4.94. The zero-order valence-corrected chi connectivity index (χ0v) is 18.2. The Kier molecular flexibility index (Phi) is 5.85. The monoisotopic (exact) mass is 415 g/mol. The van der Waals surface area contributed by atoms with E-state index in [0.29, 0.717) is 19.4 Å². The lowest BCUT2D eigenvalue weighted by molar-refractivity contribution is -0.137. The Morgan fingerprint density at radius 3 is 2.20 bits per heavy atom. The molecule has 2 aromatic carbocycles. The van der Waals surface area contributed by atoms with E-state index in [9.17, 15) is 18.0 Å². The molecule has 1 aromatic heterocycles. The molecule has 0 aliphatic rings. The summed E-state index contributed by atoms with van der Waals surface area (Å²) in [5.41, 5.74) is 4.39. The predicted molar refractivity (Wildman–Crippen MR) is 115 cm³/mol. The summed E-state index contributed by atoms with van der Waals surface area (Å²) in [7, 11) is 0. The highest BCUT2D eigenvalue weighted by Crippen LogP contribution is 2.31. The highest BCUT2D eigenvalue weighted by molar-refractivity contribution is 5.89. The molecule has 0 unspecified atom stereocenters. The summed E-state index contributed by atoms with van der Waals surface area (Å²) in [6, 6.07) is 9.38. The predicted octanol–water partition coefficient (Wildman–Crippen LogP) is 6.87. The van der Waals surface area contributed by atoms with Gasteiger partial charge in [0, 0.05) is 36.5 Å². The van der Waals surface area contributed by atoms with Crippen LogP contribution in [0.5, 0.6) is 0 Å². The van der Waals surface area contributed by atoms with Gasteiger partial charge in [0.15, 0.2) is 0 Å². The minimum Gasteiger partial charge on any atom is -0.343 e. The zero-order chi connectivity index (χ0) is 22.3. The van der Waals surface area contributed by atoms with Crippen LogP contribution in [-0.2, 0) is 23.9 Å². The molecule has 2 nitrogen and oxygen atoms in total. The summed E-state index contributed by atoms with van der Waals surface area (Å²) >= 11 is 0. The van der Waals surface area contributed by atoms with Crippen molar-refractivity contribution in [1.82, 2.24) is 4.57 Å². The maximum atomic E-state index is 12.8. The van der Waals surface area contributed by atoms with Gasteiger partial charge in [-0.05, 0) is 65.8 Å². The van der Waals surface area contributed by atoms with Gasteiger partial charge in [-0.25, -0.2) is 0 Å². The quantitative estimate of drug-likeness (QED) is 0.445. The molecule has 1 heterocycles. The molecular weight excluding hydrogens is 387 g/mol. The van der Waals surface area contributed by atoms with Crippen LogP contribution in [0.25, 0.3) is 10.9 Å². The second kappa shape index (κ2) is 7.93. The molecule has 3 aromatic rings. The summed E-state index contributed by atoms with van der Waals surface area (Å²) in [6.45, 7) is 10.7. The molecule has 0 fully saturated rings. The number of hydrogen-bond acceptors (Lipinski definition) is 1. The SMILES string of the molecule is Cc1cc2c(ccn2Cc2ccc(C(F)(F)F)cc2)c(C)c1CC(=O)CC(C)(C)C. The maximum Gasteiger partial charge on any atom is 0.416 e. The highest BCUT2D eigenvalue weighted by atomic mass is 19.4. The Balaban J connectivity index is 1.88. The van der Waals surface area contributed by atoms with Crippen molar-refractivity contribution in [1.29, 1.82) is 0 Å². The van der Waals surface area contributed by atoms with Crippen molar-refractivity contribution in [3.8, 4) is 0 Å². The van der Waals surface area contributed by atoms with Gasteiger partial charge in [0.25, 0.3) is 0 Å². The maximum absolute atomic E-state index is 12.8. The number of aryl methyl sites for hydroxylation is 2. The smallest absolute Gasteiger partial charge is 0.343 e. The third-order valence-corrected chi connectivity index (χ3v) is 5.43. The third-order valence-electron chi connectivity index (χ3n) is 5.43. The molecule has 5 heteroatoms. The van der Waals surface area contributed by atoms with E-state index in [1.165, 1.54) is 12.1 Å². The number of fused-ring (bicyclic) bond motifs is 1. The second-order valence-electron chi connectivity index (χ2n) is 9.32. The number of Topliss-reactive ketones (excluding diaryl/α,β-unsaturated/α-hetero) is 1. The van der Waals surface area contributed by atoms with E-state index in [4.69, 9.17) is 0 Å². The first-order valence-corrected chi connectivity index (χ1v) is 10.1. The van der Waals surface area contributed by atoms with Crippen LogP contribution in [0.2, 0.25) is 0 Å². The lowest BCUT2D eigenvalue weighted by Gasteiger charge is -2.18. The number of rotatable bonds is 5. The van der Waals surface area contributed by atoms with Crippen LogP contribution in [0.15, 0.2) is 42.6 Å². The highest BCUT2D eigenvalue weighted by Gasteiger charge is 2.30. The fraction of sp³-hybridized carbons (Fsp3) is 0.400. The average molecular weight is 415 g/mol. The van der Waals surface area contributed by atoms with Crippen LogP contribution >= 0.6 is 0 Å². The second-order valence-corrected chi connectivity index (χ2v) is 9.32. The molecule has 0 amide bonds. The van der Waals surface area contributed by atoms with Gasteiger partial charge < -0.3 is 4.57 Å². The molecular formula is C25H28F3NO.